The second kappa shape index (κ2) is 9.37. The average molecular weight is 428 g/mol. The molecule has 1 heterocycles. The Balaban J connectivity index is 1.53. The third-order valence-corrected chi connectivity index (χ3v) is 4.94. The van der Waals surface area contributed by atoms with Crippen molar-refractivity contribution >= 4 is 39.6 Å². The number of hydrogen-bond acceptors (Lipinski definition) is 2. The summed E-state index contributed by atoms with van der Waals surface area (Å²) in [4.78, 5) is 28.5. The standard InChI is InChI=1S/C21H22BrN3O2/c22-18-10-7-17(8-11-18)9-12-20(26)24-13-4-14-25(16-15-24)21(27)23-19-5-2-1-3-6-19/h1-3,5-12H,4,13-16H2,(H,23,27)/b12-9+. The Labute approximate surface area is 167 Å². The minimum atomic E-state index is -0.124. The average Bonchev–Trinajstić information content (AvgIpc) is 2.94. The fourth-order valence-electron chi connectivity index (χ4n) is 2.91. The van der Waals surface area contributed by atoms with E-state index < -0.39 is 0 Å². The van der Waals surface area contributed by atoms with Gasteiger partial charge in [-0.15, -0.1) is 0 Å². The summed E-state index contributed by atoms with van der Waals surface area (Å²) in [5.41, 5.74) is 1.75. The predicted molar refractivity (Wildman–Crippen MR) is 111 cm³/mol. The number of benzene rings is 2. The molecule has 0 spiro atoms. The first-order valence-electron chi connectivity index (χ1n) is 8.95. The molecular formula is C21H22BrN3O2. The molecule has 0 aliphatic carbocycles. The molecular weight excluding hydrogens is 406 g/mol. The van der Waals surface area contributed by atoms with Crippen LogP contribution in [0.3, 0.4) is 0 Å². The lowest BCUT2D eigenvalue weighted by Gasteiger charge is -2.21. The number of carbonyl (C=O) groups excluding carboxylic acids is 2. The molecule has 0 saturated carbocycles. The Morgan fingerprint density at radius 1 is 0.889 bits per heavy atom. The molecule has 3 amide bonds. The molecule has 0 unspecified atom stereocenters. The Hall–Kier alpha value is -2.60. The third-order valence-electron chi connectivity index (χ3n) is 4.41. The van der Waals surface area contributed by atoms with Crippen molar-refractivity contribution in [2.24, 2.45) is 0 Å². The van der Waals surface area contributed by atoms with Crippen LogP contribution in [0.25, 0.3) is 6.08 Å². The van der Waals surface area contributed by atoms with Gasteiger partial charge in [0.15, 0.2) is 0 Å². The van der Waals surface area contributed by atoms with E-state index in [-0.39, 0.29) is 11.9 Å². The number of amides is 3. The van der Waals surface area contributed by atoms with E-state index in [1.165, 1.54) is 0 Å². The van der Waals surface area contributed by atoms with Gasteiger partial charge in [-0.25, -0.2) is 4.79 Å². The van der Waals surface area contributed by atoms with Crippen LogP contribution in [0.5, 0.6) is 0 Å². The van der Waals surface area contributed by atoms with Crippen LogP contribution in [0.15, 0.2) is 65.1 Å². The van der Waals surface area contributed by atoms with Crippen molar-refractivity contribution in [3.8, 4) is 0 Å². The van der Waals surface area contributed by atoms with Crippen LogP contribution in [0.4, 0.5) is 10.5 Å². The van der Waals surface area contributed by atoms with Crippen LogP contribution >= 0.6 is 15.9 Å². The second-order valence-electron chi connectivity index (χ2n) is 6.35. The molecule has 140 valence electrons. The molecule has 5 nitrogen and oxygen atoms in total. The number of urea groups is 1. The molecule has 1 saturated heterocycles. The third kappa shape index (κ3) is 5.69. The van der Waals surface area contributed by atoms with Gasteiger partial charge in [0.25, 0.3) is 0 Å². The first-order chi connectivity index (χ1) is 13.1. The summed E-state index contributed by atoms with van der Waals surface area (Å²) in [6.45, 7) is 2.35. The summed E-state index contributed by atoms with van der Waals surface area (Å²) in [6, 6.07) is 17.1. The van der Waals surface area contributed by atoms with Crippen LogP contribution < -0.4 is 5.32 Å². The highest BCUT2D eigenvalue weighted by Crippen LogP contribution is 2.13. The molecule has 1 aliphatic heterocycles. The number of nitrogens with zero attached hydrogens (tertiary/aromatic N) is 2. The van der Waals surface area contributed by atoms with Crippen molar-refractivity contribution in [1.29, 1.82) is 0 Å². The lowest BCUT2D eigenvalue weighted by molar-refractivity contribution is -0.125. The number of hydrogen-bond donors (Lipinski definition) is 1. The molecule has 3 rings (SSSR count). The summed E-state index contributed by atoms with van der Waals surface area (Å²) in [7, 11) is 0. The Morgan fingerprint density at radius 2 is 1.56 bits per heavy atom. The smallest absolute Gasteiger partial charge is 0.321 e. The van der Waals surface area contributed by atoms with E-state index in [4.69, 9.17) is 0 Å². The molecule has 1 fully saturated rings. The Bertz CT molecular complexity index is 806. The molecule has 27 heavy (non-hydrogen) atoms. The molecule has 0 atom stereocenters. The Morgan fingerprint density at radius 3 is 2.30 bits per heavy atom. The maximum absolute atomic E-state index is 12.5. The summed E-state index contributed by atoms with van der Waals surface area (Å²) < 4.78 is 1.01. The maximum atomic E-state index is 12.5. The molecule has 0 bridgehead atoms. The summed E-state index contributed by atoms with van der Waals surface area (Å²) in [6.07, 6.45) is 4.18. The Kier molecular flexibility index (Phi) is 6.65. The fraction of sp³-hybridized carbons (Fsp3) is 0.238. The van der Waals surface area contributed by atoms with Crippen molar-refractivity contribution in [3.63, 3.8) is 0 Å². The second-order valence-corrected chi connectivity index (χ2v) is 7.26. The first kappa shape index (κ1) is 19.2. The number of para-hydroxylation sites is 1. The van der Waals surface area contributed by atoms with E-state index in [0.29, 0.717) is 26.2 Å². The maximum Gasteiger partial charge on any atom is 0.321 e. The van der Waals surface area contributed by atoms with E-state index >= 15 is 0 Å². The molecule has 0 radical (unpaired) electrons. The first-order valence-corrected chi connectivity index (χ1v) is 9.75. The molecule has 1 N–H and O–H groups in total. The minimum absolute atomic E-state index is 0.0248. The van der Waals surface area contributed by atoms with Crippen LogP contribution in [0.2, 0.25) is 0 Å². The van der Waals surface area contributed by atoms with Gasteiger partial charge < -0.3 is 15.1 Å². The van der Waals surface area contributed by atoms with Crippen molar-refractivity contribution in [1.82, 2.24) is 9.80 Å². The van der Waals surface area contributed by atoms with Crippen LogP contribution in [-0.4, -0.2) is 47.9 Å². The number of carbonyl (C=O) groups is 2. The largest absolute Gasteiger partial charge is 0.337 e. The monoisotopic (exact) mass is 427 g/mol. The van der Waals surface area contributed by atoms with Gasteiger partial charge in [-0.2, -0.15) is 0 Å². The van der Waals surface area contributed by atoms with Gasteiger partial charge in [0, 0.05) is 42.4 Å². The SMILES string of the molecule is O=C(/C=C/c1ccc(Br)cc1)N1CCCN(C(=O)Nc2ccccc2)CC1. The van der Waals surface area contributed by atoms with Gasteiger partial charge in [-0.3, -0.25) is 4.79 Å². The number of halogens is 1. The zero-order valence-corrected chi connectivity index (χ0v) is 16.6. The van der Waals surface area contributed by atoms with E-state index in [9.17, 15) is 9.59 Å². The molecule has 2 aromatic rings. The summed E-state index contributed by atoms with van der Waals surface area (Å²) >= 11 is 3.40. The highest BCUT2D eigenvalue weighted by Gasteiger charge is 2.21. The van der Waals surface area contributed by atoms with E-state index in [1.54, 1.807) is 15.9 Å². The molecule has 6 heteroatoms. The molecule has 2 aromatic carbocycles. The van der Waals surface area contributed by atoms with Crippen LogP contribution in [-0.2, 0) is 4.79 Å². The van der Waals surface area contributed by atoms with E-state index in [0.717, 1.165) is 22.1 Å². The van der Waals surface area contributed by atoms with Crippen molar-refractivity contribution < 1.29 is 9.59 Å². The minimum Gasteiger partial charge on any atom is -0.337 e. The normalized spacial score (nSPS) is 14.9. The zero-order chi connectivity index (χ0) is 19.1. The lowest BCUT2D eigenvalue weighted by atomic mass is 10.2. The summed E-state index contributed by atoms with van der Waals surface area (Å²) in [5, 5.41) is 2.90. The van der Waals surface area contributed by atoms with Crippen molar-refractivity contribution in [3.05, 3.63) is 70.7 Å². The zero-order valence-electron chi connectivity index (χ0n) is 15.0. The summed E-state index contributed by atoms with van der Waals surface area (Å²) in [5.74, 6) is -0.0248. The fourth-order valence-corrected chi connectivity index (χ4v) is 3.18. The van der Waals surface area contributed by atoms with Gasteiger partial charge in [0.1, 0.15) is 0 Å². The highest BCUT2D eigenvalue weighted by atomic mass is 79.9. The van der Waals surface area contributed by atoms with Gasteiger partial charge in [-0.1, -0.05) is 46.3 Å². The lowest BCUT2D eigenvalue weighted by Crippen LogP contribution is -2.39. The van der Waals surface area contributed by atoms with Crippen molar-refractivity contribution in [2.45, 2.75) is 6.42 Å². The van der Waals surface area contributed by atoms with Crippen LogP contribution in [0.1, 0.15) is 12.0 Å². The van der Waals surface area contributed by atoms with Crippen molar-refractivity contribution in [2.75, 3.05) is 31.5 Å². The van der Waals surface area contributed by atoms with Gasteiger partial charge in [-0.05, 0) is 42.3 Å². The van der Waals surface area contributed by atoms with Gasteiger partial charge in [0.2, 0.25) is 5.91 Å². The quantitative estimate of drug-likeness (QED) is 0.745. The van der Waals surface area contributed by atoms with E-state index in [2.05, 4.69) is 21.2 Å². The predicted octanol–water partition coefficient (Wildman–Crippen LogP) is 4.23. The highest BCUT2D eigenvalue weighted by molar-refractivity contribution is 9.10. The van der Waals surface area contributed by atoms with Gasteiger partial charge in [0.05, 0.1) is 0 Å². The number of rotatable bonds is 3. The molecule has 0 aromatic heterocycles. The van der Waals surface area contributed by atoms with E-state index in [1.807, 2.05) is 60.7 Å². The van der Waals surface area contributed by atoms with Gasteiger partial charge >= 0.3 is 6.03 Å². The topological polar surface area (TPSA) is 52.7 Å². The van der Waals surface area contributed by atoms with Crippen LogP contribution in [0, 0.1) is 0 Å². The number of nitrogens with one attached hydrogen (secondary N) is 1. The molecule has 1 aliphatic rings. The number of anilines is 1.